The van der Waals surface area contributed by atoms with Gasteiger partial charge in [0.25, 0.3) is 5.91 Å². The van der Waals surface area contributed by atoms with Gasteiger partial charge >= 0.3 is 0 Å². The van der Waals surface area contributed by atoms with Gasteiger partial charge in [0.1, 0.15) is 5.75 Å². The van der Waals surface area contributed by atoms with Gasteiger partial charge in [0.05, 0.1) is 17.2 Å². The van der Waals surface area contributed by atoms with E-state index in [4.69, 9.17) is 10.5 Å². The van der Waals surface area contributed by atoms with Crippen molar-refractivity contribution in [3.63, 3.8) is 0 Å². The Kier molecular flexibility index (Phi) is 4.63. The van der Waals surface area contributed by atoms with Crippen LogP contribution in [0.15, 0.2) is 29.6 Å². The summed E-state index contributed by atoms with van der Waals surface area (Å²) in [5.41, 5.74) is 8.30. The smallest absolute Gasteiger partial charge is 0.254 e. The van der Waals surface area contributed by atoms with Crippen molar-refractivity contribution in [2.24, 2.45) is 0 Å². The third-order valence-corrected chi connectivity index (χ3v) is 3.67. The van der Waals surface area contributed by atoms with E-state index in [9.17, 15) is 4.79 Å². The highest BCUT2D eigenvalue weighted by Gasteiger charge is 2.17. The first-order valence-electron chi connectivity index (χ1n) is 6.55. The molecule has 2 aromatic rings. The van der Waals surface area contributed by atoms with E-state index in [0.29, 0.717) is 23.7 Å². The Labute approximate surface area is 122 Å². The number of carbonyl (C=O) groups is 1. The molecule has 5 heteroatoms. The van der Waals surface area contributed by atoms with Gasteiger partial charge in [0.2, 0.25) is 0 Å². The molecule has 0 fully saturated rings. The number of nitrogen functional groups attached to an aromatic ring is 1. The number of hydrogen-bond donors (Lipinski definition) is 2. The van der Waals surface area contributed by atoms with Crippen molar-refractivity contribution in [1.82, 2.24) is 5.32 Å². The molecule has 1 aromatic carbocycles. The van der Waals surface area contributed by atoms with Gasteiger partial charge in [0.15, 0.2) is 0 Å². The number of hydrogen-bond acceptors (Lipinski definition) is 4. The van der Waals surface area contributed by atoms with Crippen LogP contribution in [0.1, 0.15) is 24.2 Å². The first-order valence-corrected chi connectivity index (χ1v) is 7.43. The summed E-state index contributed by atoms with van der Waals surface area (Å²) in [5.74, 6) is 0.689. The van der Waals surface area contributed by atoms with Crippen LogP contribution < -0.4 is 15.8 Å². The second-order valence-electron chi connectivity index (χ2n) is 4.21. The van der Waals surface area contributed by atoms with E-state index in [1.54, 1.807) is 0 Å². The van der Waals surface area contributed by atoms with Gasteiger partial charge in [-0.15, -0.1) is 11.3 Å². The Morgan fingerprint density at radius 3 is 2.60 bits per heavy atom. The maximum absolute atomic E-state index is 12.1. The number of anilines is 1. The summed E-state index contributed by atoms with van der Waals surface area (Å²) < 4.78 is 5.42. The van der Waals surface area contributed by atoms with Gasteiger partial charge in [-0.05, 0) is 31.5 Å². The average Bonchev–Trinajstić information content (AvgIpc) is 2.82. The zero-order valence-electron chi connectivity index (χ0n) is 11.6. The van der Waals surface area contributed by atoms with Gasteiger partial charge in [0, 0.05) is 17.5 Å². The van der Waals surface area contributed by atoms with Crippen LogP contribution in [-0.4, -0.2) is 19.1 Å². The molecule has 0 saturated carbocycles. The highest BCUT2D eigenvalue weighted by Crippen LogP contribution is 2.34. The number of amides is 1. The third-order valence-electron chi connectivity index (χ3n) is 2.86. The van der Waals surface area contributed by atoms with Crippen molar-refractivity contribution < 1.29 is 9.53 Å². The van der Waals surface area contributed by atoms with Gasteiger partial charge in [-0.1, -0.05) is 12.1 Å². The maximum Gasteiger partial charge on any atom is 0.254 e. The normalized spacial score (nSPS) is 10.3. The highest BCUT2D eigenvalue weighted by atomic mass is 32.1. The zero-order chi connectivity index (χ0) is 14.5. The molecule has 3 N–H and O–H groups in total. The van der Waals surface area contributed by atoms with E-state index in [2.05, 4.69) is 5.32 Å². The summed E-state index contributed by atoms with van der Waals surface area (Å²) in [7, 11) is 0. The fourth-order valence-electron chi connectivity index (χ4n) is 1.97. The summed E-state index contributed by atoms with van der Waals surface area (Å²) in [5, 5.41) is 5.25. The number of carbonyl (C=O) groups excluding carboxylic acids is 1. The lowest BCUT2D eigenvalue weighted by atomic mass is 10.0. The molecule has 0 atom stereocenters. The van der Waals surface area contributed by atoms with Crippen LogP contribution in [0.5, 0.6) is 5.75 Å². The lowest BCUT2D eigenvalue weighted by Crippen LogP contribution is -2.23. The summed E-state index contributed by atoms with van der Waals surface area (Å²) in [6, 6.07) is 7.67. The Hall–Kier alpha value is -2.01. The number of nitrogens with one attached hydrogen (secondary N) is 1. The molecule has 0 spiro atoms. The molecule has 0 bridgehead atoms. The molecule has 0 aliphatic carbocycles. The summed E-state index contributed by atoms with van der Waals surface area (Å²) in [6.45, 7) is 5.05. The van der Waals surface area contributed by atoms with Crippen molar-refractivity contribution in [3.8, 4) is 16.9 Å². The number of thiophene rings is 1. The van der Waals surface area contributed by atoms with E-state index in [0.717, 1.165) is 16.9 Å². The van der Waals surface area contributed by atoms with E-state index >= 15 is 0 Å². The summed E-state index contributed by atoms with van der Waals surface area (Å²) in [4.78, 5) is 12.1. The largest absolute Gasteiger partial charge is 0.494 e. The van der Waals surface area contributed by atoms with Gasteiger partial charge in [-0.2, -0.15) is 0 Å². The predicted molar refractivity (Wildman–Crippen MR) is 83.3 cm³/mol. The second-order valence-corrected chi connectivity index (χ2v) is 5.12. The lowest BCUT2D eigenvalue weighted by Gasteiger charge is -2.07. The highest BCUT2D eigenvalue weighted by molar-refractivity contribution is 7.15. The molecular formula is C15H18N2O2S. The molecule has 20 heavy (non-hydrogen) atoms. The quantitative estimate of drug-likeness (QED) is 0.889. The van der Waals surface area contributed by atoms with Crippen molar-refractivity contribution in [3.05, 3.63) is 35.2 Å². The molecule has 106 valence electrons. The van der Waals surface area contributed by atoms with Gasteiger partial charge in [-0.3, -0.25) is 4.79 Å². The van der Waals surface area contributed by atoms with Gasteiger partial charge in [-0.25, -0.2) is 0 Å². The number of ether oxygens (including phenoxy) is 1. The maximum atomic E-state index is 12.1. The predicted octanol–water partition coefficient (Wildman–Crippen LogP) is 3.15. The minimum atomic E-state index is -0.130. The van der Waals surface area contributed by atoms with Crippen molar-refractivity contribution in [2.75, 3.05) is 18.9 Å². The Morgan fingerprint density at radius 2 is 2.00 bits per heavy atom. The molecule has 2 rings (SSSR count). The molecule has 0 aliphatic rings. The molecule has 1 amide bonds. The minimum absolute atomic E-state index is 0.130. The van der Waals surface area contributed by atoms with Crippen molar-refractivity contribution in [1.29, 1.82) is 0 Å². The number of nitrogens with two attached hydrogens (primary N) is 1. The van der Waals surface area contributed by atoms with E-state index in [1.807, 2.05) is 43.5 Å². The topological polar surface area (TPSA) is 64.3 Å². The van der Waals surface area contributed by atoms with Crippen LogP contribution in [0.4, 0.5) is 5.00 Å². The Bertz CT molecular complexity index is 590. The molecule has 1 aromatic heterocycles. The summed E-state index contributed by atoms with van der Waals surface area (Å²) in [6.07, 6.45) is 0. The zero-order valence-corrected chi connectivity index (χ0v) is 12.4. The standard InChI is InChI=1S/C15H18N2O2S/c1-3-17-15(18)13-12(9-20-14(13)16)10-5-7-11(8-6-10)19-4-2/h5-9H,3-4,16H2,1-2H3,(H,17,18). The molecule has 0 aliphatic heterocycles. The van der Waals surface area contributed by atoms with E-state index < -0.39 is 0 Å². The molecule has 0 saturated heterocycles. The van der Waals surface area contributed by atoms with Crippen LogP contribution >= 0.6 is 11.3 Å². The minimum Gasteiger partial charge on any atom is -0.494 e. The van der Waals surface area contributed by atoms with Gasteiger partial charge < -0.3 is 15.8 Å². The van der Waals surface area contributed by atoms with Crippen LogP contribution in [0.3, 0.4) is 0 Å². The average molecular weight is 290 g/mol. The van der Waals surface area contributed by atoms with E-state index in [1.165, 1.54) is 11.3 Å². The molecular weight excluding hydrogens is 272 g/mol. The molecule has 1 heterocycles. The number of rotatable bonds is 5. The third kappa shape index (κ3) is 2.93. The van der Waals surface area contributed by atoms with Crippen LogP contribution in [0.25, 0.3) is 11.1 Å². The monoisotopic (exact) mass is 290 g/mol. The SMILES string of the molecule is CCNC(=O)c1c(-c2ccc(OCC)cc2)csc1N. The Morgan fingerprint density at radius 1 is 1.30 bits per heavy atom. The van der Waals surface area contributed by atoms with Crippen molar-refractivity contribution >= 4 is 22.2 Å². The van der Waals surface area contributed by atoms with Crippen LogP contribution in [-0.2, 0) is 0 Å². The van der Waals surface area contributed by atoms with E-state index in [-0.39, 0.29) is 5.91 Å². The fourth-order valence-corrected chi connectivity index (χ4v) is 2.79. The van der Waals surface area contributed by atoms with Crippen LogP contribution in [0.2, 0.25) is 0 Å². The second kappa shape index (κ2) is 6.43. The Balaban J connectivity index is 2.35. The molecule has 0 unspecified atom stereocenters. The van der Waals surface area contributed by atoms with Crippen LogP contribution in [0, 0.1) is 0 Å². The number of benzene rings is 1. The first-order chi connectivity index (χ1) is 9.67. The lowest BCUT2D eigenvalue weighted by molar-refractivity contribution is 0.0957. The van der Waals surface area contributed by atoms with Crippen molar-refractivity contribution in [2.45, 2.75) is 13.8 Å². The summed E-state index contributed by atoms with van der Waals surface area (Å²) >= 11 is 1.38. The first kappa shape index (κ1) is 14.4. The molecule has 4 nitrogen and oxygen atoms in total. The fraction of sp³-hybridized carbons (Fsp3) is 0.267. The molecule has 0 radical (unpaired) electrons.